The van der Waals surface area contributed by atoms with Gasteiger partial charge in [0.15, 0.2) is 5.82 Å². The minimum Gasteiger partial charge on any atom is -0.410 e. The molecule has 0 spiro atoms. The monoisotopic (exact) mass is 463 g/mol. The maximum Gasteiger partial charge on any atom is 0.413 e. The van der Waals surface area contributed by atoms with Gasteiger partial charge in [-0.25, -0.2) is 4.79 Å². The van der Waals surface area contributed by atoms with E-state index in [1.807, 2.05) is 32.0 Å². The maximum atomic E-state index is 12.6. The van der Waals surface area contributed by atoms with Crippen LogP contribution in [0.25, 0.3) is 16.8 Å². The van der Waals surface area contributed by atoms with Crippen LogP contribution >= 0.6 is 11.6 Å². The fourth-order valence-corrected chi connectivity index (χ4v) is 3.36. The van der Waals surface area contributed by atoms with E-state index in [4.69, 9.17) is 16.3 Å². The summed E-state index contributed by atoms with van der Waals surface area (Å²) in [6, 6.07) is 12.4. The molecule has 4 rings (SSSR count). The molecule has 2 aromatic carbocycles. The Morgan fingerprint density at radius 1 is 1.06 bits per heavy atom. The highest BCUT2D eigenvalue weighted by Crippen LogP contribution is 2.30. The summed E-state index contributed by atoms with van der Waals surface area (Å²) in [5, 5.41) is 15.5. The first-order valence-corrected chi connectivity index (χ1v) is 10.7. The molecule has 0 aliphatic carbocycles. The minimum absolute atomic E-state index is 0.0969. The number of ether oxygens (including phenoxy) is 1. The Labute approximate surface area is 195 Å². The highest BCUT2D eigenvalue weighted by molar-refractivity contribution is 6.30. The van der Waals surface area contributed by atoms with E-state index in [-0.39, 0.29) is 12.0 Å². The molecular formula is C23H22ClN7O2. The average molecular weight is 464 g/mol. The molecule has 0 radical (unpaired) electrons. The van der Waals surface area contributed by atoms with Gasteiger partial charge in [0.05, 0.1) is 23.6 Å². The molecule has 1 amide bonds. The molecule has 0 fully saturated rings. The predicted molar refractivity (Wildman–Crippen MR) is 123 cm³/mol. The minimum atomic E-state index is -0.617. The highest BCUT2D eigenvalue weighted by atomic mass is 35.5. The van der Waals surface area contributed by atoms with Crippen LogP contribution in [-0.4, -0.2) is 36.3 Å². The lowest BCUT2D eigenvalue weighted by molar-refractivity contribution is 0.196. The molecule has 0 aliphatic heterocycles. The molecule has 2 aromatic heterocycles. The van der Waals surface area contributed by atoms with Gasteiger partial charge in [0, 0.05) is 29.4 Å². The van der Waals surface area contributed by atoms with Gasteiger partial charge in [0.1, 0.15) is 5.75 Å². The first-order valence-electron chi connectivity index (χ1n) is 10.3. The Morgan fingerprint density at radius 3 is 2.55 bits per heavy atom. The van der Waals surface area contributed by atoms with Gasteiger partial charge >= 0.3 is 6.09 Å². The van der Waals surface area contributed by atoms with Crippen LogP contribution in [0.15, 0.2) is 61.1 Å². The summed E-state index contributed by atoms with van der Waals surface area (Å²) in [7, 11) is 0. The largest absolute Gasteiger partial charge is 0.413 e. The second kappa shape index (κ2) is 9.74. The number of halogens is 1. The van der Waals surface area contributed by atoms with Crippen molar-refractivity contribution in [1.29, 1.82) is 0 Å². The number of hydrogen-bond acceptors (Lipinski definition) is 7. The standard InChI is InChI=1S/C23H22ClN7O2/c1-14(2)22-28-29-30-31(22)19-10-17(16-4-6-18(24)7-5-16)11-20(12-19)33-23(32)27-15(3)21-13-25-8-9-26-21/h4-15H,1-3H3,(H,27,32). The number of rotatable bonds is 6. The molecule has 1 N–H and O–H groups in total. The Bertz CT molecular complexity index is 1240. The maximum absolute atomic E-state index is 12.6. The number of nitrogens with one attached hydrogen (secondary N) is 1. The average Bonchev–Trinajstić information content (AvgIpc) is 3.30. The van der Waals surface area contributed by atoms with Crippen molar-refractivity contribution in [3.05, 3.63) is 77.6 Å². The Morgan fingerprint density at radius 2 is 1.85 bits per heavy atom. The SMILES string of the molecule is CC(C)c1nnnn1-c1cc(OC(=O)NC(C)c2cnccn2)cc(-c2ccc(Cl)cc2)c1. The third-order valence-corrected chi connectivity index (χ3v) is 5.15. The van der Waals surface area contributed by atoms with Crippen molar-refractivity contribution < 1.29 is 9.53 Å². The van der Waals surface area contributed by atoms with E-state index in [2.05, 4.69) is 30.8 Å². The number of tetrazole rings is 1. The number of carbonyl (C=O) groups excluding carboxylic acids is 1. The van der Waals surface area contributed by atoms with Crippen LogP contribution in [0.5, 0.6) is 5.75 Å². The number of nitrogens with zero attached hydrogens (tertiary/aromatic N) is 6. The third kappa shape index (κ3) is 5.32. The zero-order valence-corrected chi connectivity index (χ0v) is 19.1. The van der Waals surface area contributed by atoms with Crippen molar-refractivity contribution in [2.75, 3.05) is 0 Å². The van der Waals surface area contributed by atoms with Crippen LogP contribution in [0, 0.1) is 0 Å². The molecule has 0 aliphatic rings. The molecule has 0 bridgehead atoms. The van der Waals surface area contributed by atoms with Crippen molar-refractivity contribution in [2.24, 2.45) is 0 Å². The molecule has 0 saturated carbocycles. The summed E-state index contributed by atoms with van der Waals surface area (Å²) < 4.78 is 7.26. The van der Waals surface area contributed by atoms with E-state index in [0.717, 1.165) is 11.1 Å². The summed E-state index contributed by atoms with van der Waals surface area (Å²) in [4.78, 5) is 20.8. The smallest absolute Gasteiger partial charge is 0.410 e. The van der Waals surface area contributed by atoms with E-state index in [0.29, 0.717) is 28.0 Å². The van der Waals surface area contributed by atoms with Gasteiger partial charge in [-0.3, -0.25) is 9.97 Å². The van der Waals surface area contributed by atoms with Gasteiger partial charge in [0.2, 0.25) is 0 Å². The summed E-state index contributed by atoms with van der Waals surface area (Å²) >= 11 is 6.05. The Balaban J connectivity index is 1.66. The molecule has 168 valence electrons. The van der Waals surface area contributed by atoms with Crippen LogP contribution < -0.4 is 10.1 Å². The fraction of sp³-hybridized carbons (Fsp3) is 0.217. The lowest BCUT2D eigenvalue weighted by Crippen LogP contribution is -2.30. The van der Waals surface area contributed by atoms with Crippen LogP contribution in [0.4, 0.5) is 4.79 Å². The summed E-state index contributed by atoms with van der Waals surface area (Å²) in [5.74, 6) is 1.13. The molecule has 10 heteroatoms. The second-order valence-corrected chi connectivity index (χ2v) is 8.15. The van der Waals surface area contributed by atoms with Gasteiger partial charge < -0.3 is 10.1 Å². The number of benzene rings is 2. The lowest BCUT2D eigenvalue weighted by Gasteiger charge is -2.15. The van der Waals surface area contributed by atoms with Crippen molar-refractivity contribution in [3.63, 3.8) is 0 Å². The lowest BCUT2D eigenvalue weighted by atomic mass is 10.0. The molecule has 1 unspecified atom stereocenters. The normalized spacial score (nSPS) is 11.9. The quantitative estimate of drug-likeness (QED) is 0.439. The molecular weight excluding hydrogens is 442 g/mol. The molecule has 33 heavy (non-hydrogen) atoms. The third-order valence-electron chi connectivity index (χ3n) is 4.90. The number of aromatic nitrogens is 6. The Hall–Kier alpha value is -3.85. The zero-order valence-electron chi connectivity index (χ0n) is 18.3. The first kappa shape index (κ1) is 22.3. The zero-order chi connectivity index (χ0) is 23.4. The van der Waals surface area contributed by atoms with E-state index in [9.17, 15) is 4.79 Å². The number of hydrogen-bond donors (Lipinski definition) is 1. The number of carbonyl (C=O) groups is 1. The first-order chi connectivity index (χ1) is 15.9. The molecule has 1 atom stereocenters. The van der Waals surface area contributed by atoms with Crippen molar-refractivity contribution >= 4 is 17.7 Å². The van der Waals surface area contributed by atoms with Gasteiger partial charge in [-0.15, -0.1) is 5.10 Å². The van der Waals surface area contributed by atoms with Gasteiger partial charge in [-0.05, 0) is 52.7 Å². The second-order valence-electron chi connectivity index (χ2n) is 7.71. The van der Waals surface area contributed by atoms with Crippen molar-refractivity contribution in [1.82, 2.24) is 35.5 Å². The summed E-state index contributed by atoms with van der Waals surface area (Å²) in [6.45, 7) is 5.81. The van der Waals surface area contributed by atoms with Crippen LogP contribution in [-0.2, 0) is 0 Å². The summed E-state index contributed by atoms with van der Waals surface area (Å²) in [6.07, 6.45) is 4.12. The van der Waals surface area contributed by atoms with Crippen LogP contribution in [0.1, 0.15) is 44.2 Å². The Kier molecular flexibility index (Phi) is 6.60. The molecule has 0 saturated heterocycles. The van der Waals surface area contributed by atoms with Gasteiger partial charge in [0.25, 0.3) is 0 Å². The molecule has 4 aromatic rings. The van der Waals surface area contributed by atoms with Crippen LogP contribution in [0.2, 0.25) is 5.02 Å². The van der Waals surface area contributed by atoms with Gasteiger partial charge in [-0.1, -0.05) is 37.6 Å². The molecule has 9 nitrogen and oxygen atoms in total. The highest BCUT2D eigenvalue weighted by Gasteiger charge is 2.17. The van der Waals surface area contributed by atoms with Crippen molar-refractivity contribution in [2.45, 2.75) is 32.7 Å². The number of amides is 1. The van der Waals surface area contributed by atoms with Crippen molar-refractivity contribution in [3.8, 4) is 22.6 Å². The fourth-order valence-electron chi connectivity index (χ4n) is 3.23. The van der Waals surface area contributed by atoms with E-state index in [1.54, 1.807) is 54.5 Å². The van der Waals surface area contributed by atoms with E-state index in [1.165, 1.54) is 0 Å². The summed E-state index contributed by atoms with van der Waals surface area (Å²) in [5.41, 5.74) is 3.01. The van der Waals surface area contributed by atoms with Crippen LogP contribution in [0.3, 0.4) is 0 Å². The topological polar surface area (TPSA) is 108 Å². The van der Waals surface area contributed by atoms with Gasteiger partial charge in [-0.2, -0.15) is 4.68 Å². The van der Waals surface area contributed by atoms with E-state index >= 15 is 0 Å². The van der Waals surface area contributed by atoms with E-state index < -0.39 is 6.09 Å². The predicted octanol–water partition coefficient (Wildman–Crippen LogP) is 4.75. The molecule has 2 heterocycles.